The first-order chi connectivity index (χ1) is 5.79. The van der Waals surface area contributed by atoms with Gasteiger partial charge in [0.25, 0.3) is 0 Å². The number of ether oxygens (including phenoxy) is 1. The lowest BCUT2D eigenvalue weighted by Crippen LogP contribution is -2.29. The maximum atomic E-state index is 5.51. The molecule has 1 atom stereocenters. The lowest BCUT2D eigenvalue weighted by molar-refractivity contribution is 0.146. The topological polar surface area (TPSA) is 47.6 Å². The summed E-state index contributed by atoms with van der Waals surface area (Å²) < 4.78 is 5.51. The minimum Gasteiger partial charge on any atom is -0.465 e. The van der Waals surface area contributed by atoms with Gasteiger partial charge in [0.2, 0.25) is 5.90 Å². The van der Waals surface area contributed by atoms with Crippen LogP contribution >= 0.6 is 12.6 Å². The summed E-state index contributed by atoms with van der Waals surface area (Å²) in [5.74, 6) is 5.94. The van der Waals surface area contributed by atoms with E-state index in [2.05, 4.69) is 38.5 Å². The van der Waals surface area contributed by atoms with Gasteiger partial charge in [-0.15, -0.1) is 17.7 Å². The largest absolute Gasteiger partial charge is 0.465 e. The predicted octanol–water partition coefficient (Wildman–Crippen LogP) is 2.23. The molecule has 0 aliphatic rings. The van der Waals surface area contributed by atoms with Gasteiger partial charge < -0.3 is 10.6 Å². The molecule has 0 fully saturated rings. The van der Waals surface area contributed by atoms with Crippen molar-refractivity contribution >= 4 is 18.5 Å². The van der Waals surface area contributed by atoms with Crippen molar-refractivity contribution < 1.29 is 4.74 Å². The molecule has 0 bridgehead atoms. The maximum Gasteiger partial charge on any atom is 0.209 e. The van der Waals surface area contributed by atoms with Crippen LogP contribution in [0.15, 0.2) is 5.10 Å². The van der Waals surface area contributed by atoms with Crippen molar-refractivity contribution in [2.24, 2.45) is 22.3 Å². The van der Waals surface area contributed by atoms with E-state index in [1.54, 1.807) is 0 Å². The molecule has 0 amide bonds. The summed E-state index contributed by atoms with van der Waals surface area (Å²) in [6.45, 7) is 10.1. The molecule has 0 rings (SSSR count). The Hall–Kier alpha value is -0.380. The summed E-state index contributed by atoms with van der Waals surface area (Å²) in [7, 11) is 0. The fourth-order valence-corrected chi connectivity index (χ4v) is 0.715. The summed E-state index contributed by atoms with van der Waals surface area (Å²) in [6.07, 6.45) is 0. The Morgan fingerprint density at radius 1 is 1.38 bits per heavy atom. The van der Waals surface area contributed by atoms with E-state index >= 15 is 0 Å². The van der Waals surface area contributed by atoms with Crippen LogP contribution in [0.2, 0.25) is 0 Å². The first kappa shape index (κ1) is 12.6. The van der Waals surface area contributed by atoms with Crippen LogP contribution in [0.5, 0.6) is 0 Å². The zero-order chi connectivity index (χ0) is 10.6. The first-order valence-electron chi connectivity index (χ1n) is 4.41. The van der Waals surface area contributed by atoms with Crippen LogP contribution in [0.1, 0.15) is 34.6 Å². The molecule has 0 aliphatic carbocycles. The Morgan fingerprint density at radius 2 is 1.85 bits per heavy atom. The summed E-state index contributed by atoms with van der Waals surface area (Å²) in [4.78, 5) is 0. The van der Waals surface area contributed by atoms with Gasteiger partial charge in [0.1, 0.15) is 5.44 Å². The standard InChI is InChI=1S/C9H20N2OS/c1-6(2)7(11-10)12-8(13)9(3,4)5/h6,8,13H,10H2,1-5H3. The number of hydrogen-bond acceptors (Lipinski definition) is 4. The minimum absolute atomic E-state index is 0.0199. The average Bonchev–Trinajstić information content (AvgIpc) is 1.96. The second-order valence-electron chi connectivity index (χ2n) is 4.46. The fraction of sp³-hybridized carbons (Fsp3) is 0.889. The molecule has 0 spiro atoms. The normalized spacial score (nSPS) is 16.1. The van der Waals surface area contributed by atoms with Crippen LogP contribution < -0.4 is 5.84 Å². The maximum absolute atomic E-state index is 5.51. The van der Waals surface area contributed by atoms with Crippen molar-refractivity contribution in [1.29, 1.82) is 0 Å². The van der Waals surface area contributed by atoms with Crippen molar-refractivity contribution in [2.75, 3.05) is 0 Å². The van der Waals surface area contributed by atoms with Gasteiger partial charge in [0.05, 0.1) is 0 Å². The lowest BCUT2D eigenvalue weighted by atomic mass is 9.98. The third kappa shape index (κ3) is 4.41. The van der Waals surface area contributed by atoms with Gasteiger partial charge in [-0.05, 0) is 0 Å². The van der Waals surface area contributed by atoms with Gasteiger partial charge in [-0.1, -0.05) is 34.6 Å². The van der Waals surface area contributed by atoms with E-state index < -0.39 is 0 Å². The Balaban J connectivity index is 4.27. The summed E-state index contributed by atoms with van der Waals surface area (Å²) in [6, 6.07) is 0. The van der Waals surface area contributed by atoms with E-state index in [0.717, 1.165) is 0 Å². The molecule has 78 valence electrons. The van der Waals surface area contributed by atoms with Crippen molar-refractivity contribution in [3.63, 3.8) is 0 Å². The van der Waals surface area contributed by atoms with Gasteiger partial charge in [0, 0.05) is 11.3 Å². The van der Waals surface area contributed by atoms with Crippen LogP contribution in [-0.2, 0) is 4.74 Å². The third-order valence-corrected chi connectivity index (χ3v) is 2.47. The molecule has 3 nitrogen and oxygen atoms in total. The van der Waals surface area contributed by atoms with Crippen LogP contribution in [0.3, 0.4) is 0 Å². The highest BCUT2D eigenvalue weighted by Gasteiger charge is 2.24. The van der Waals surface area contributed by atoms with E-state index in [4.69, 9.17) is 10.6 Å². The second kappa shape index (κ2) is 4.74. The summed E-state index contributed by atoms with van der Waals surface area (Å²) in [5.41, 5.74) is -0.203. The molecule has 0 aromatic carbocycles. The summed E-state index contributed by atoms with van der Waals surface area (Å²) >= 11 is 4.34. The van der Waals surface area contributed by atoms with Gasteiger partial charge in [-0.3, -0.25) is 0 Å². The van der Waals surface area contributed by atoms with Crippen molar-refractivity contribution in [3.05, 3.63) is 0 Å². The Bertz CT molecular complexity index is 185. The van der Waals surface area contributed by atoms with E-state index in [-0.39, 0.29) is 16.8 Å². The number of nitrogens with two attached hydrogens (primary N) is 1. The number of hydrazone groups is 1. The van der Waals surface area contributed by atoms with Crippen LogP contribution in [-0.4, -0.2) is 11.3 Å². The van der Waals surface area contributed by atoms with E-state index in [0.29, 0.717) is 5.90 Å². The molecule has 0 aromatic heterocycles. The SMILES string of the molecule is CC(C)C(=NN)OC(S)C(C)(C)C. The Morgan fingerprint density at radius 3 is 2.08 bits per heavy atom. The molecule has 0 heterocycles. The van der Waals surface area contributed by atoms with Crippen molar-refractivity contribution in [3.8, 4) is 0 Å². The molecule has 13 heavy (non-hydrogen) atoms. The molecule has 4 heteroatoms. The van der Waals surface area contributed by atoms with Gasteiger partial charge in [0.15, 0.2) is 0 Å². The van der Waals surface area contributed by atoms with E-state index in [1.807, 2.05) is 13.8 Å². The van der Waals surface area contributed by atoms with Crippen molar-refractivity contribution in [1.82, 2.24) is 0 Å². The molecule has 0 radical (unpaired) electrons. The molecular weight excluding hydrogens is 184 g/mol. The molecule has 0 aromatic rings. The molecule has 0 aliphatic heterocycles. The number of nitrogens with zero attached hydrogens (tertiary/aromatic N) is 1. The minimum atomic E-state index is -0.183. The third-order valence-electron chi connectivity index (χ3n) is 1.59. The number of rotatable bonds is 2. The average molecular weight is 204 g/mol. The van der Waals surface area contributed by atoms with Gasteiger partial charge >= 0.3 is 0 Å². The Labute approximate surface area is 86.1 Å². The predicted molar refractivity (Wildman–Crippen MR) is 59.8 cm³/mol. The Kier molecular flexibility index (Phi) is 4.61. The number of thiol groups is 1. The first-order valence-corrected chi connectivity index (χ1v) is 4.93. The molecule has 0 saturated heterocycles. The highest BCUT2D eigenvalue weighted by atomic mass is 32.1. The zero-order valence-electron chi connectivity index (χ0n) is 9.03. The van der Waals surface area contributed by atoms with Crippen molar-refractivity contribution in [2.45, 2.75) is 40.1 Å². The van der Waals surface area contributed by atoms with Crippen LogP contribution in [0, 0.1) is 11.3 Å². The van der Waals surface area contributed by atoms with Gasteiger partial charge in [-0.25, -0.2) is 0 Å². The quantitative estimate of drug-likeness (QED) is 0.181. The summed E-state index contributed by atoms with van der Waals surface area (Å²) in [5, 5.41) is 3.59. The fourth-order valence-electron chi connectivity index (χ4n) is 0.607. The van der Waals surface area contributed by atoms with E-state index in [1.165, 1.54) is 0 Å². The zero-order valence-corrected chi connectivity index (χ0v) is 9.93. The van der Waals surface area contributed by atoms with E-state index in [9.17, 15) is 0 Å². The molecular formula is C9H20N2OS. The monoisotopic (exact) mass is 204 g/mol. The highest BCUT2D eigenvalue weighted by molar-refractivity contribution is 7.80. The van der Waals surface area contributed by atoms with Crippen LogP contribution in [0.4, 0.5) is 0 Å². The van der Waals surface area contributed by atoms with Crippen LogP contribution in [0.25, 0.3) is 0 Å². The smallest absolute Gasteiger partial charge is 0.209 e. The van der Waals surface area contributed by atoms with Gasteiger partial charge in [-0.2, -0.15) is 0 Å². The lowest BCUT2D eigenvalue weighted by Gasteiger charge is -2.28. The molecule has 2 N–H and O–H groups in total. The number of hydrogen-bond donors (Lipinski definition) is 2. The highest BCUT2D eigenvalue weighted by Crippen LogP contribution is 2.25. The molecule has 0 saturated carbocycles. The second-order valence-corrected chi connectivity index (χ2v) is 4.93. The molecule has 1 unspecified atom stereocenters.